The molecule has 0 aliphatic carbocycles. The SMILES string of the molecule is COc1ccc(-c2cc(-c3ccc(OC)cc3)nc(Cl)n2)cc1. The monoisotopic (exact) mass is 326 g/mol. The second-order valence-electron chi connectivity index (χ2n) is 4.86. The average molecular weight is 327 g/mol. The zero-order chi connectivity index (χ0) is 16.2. The minimum atomic E-state index is 0.212. The Balaban J connectivity index is 2.00. The Morgan fingerprint density at radius 1 is 0.696 bits per heavy atom. The molecule has 0 saturated carbocycles. The van der Waals surface area contributed by atoms with Gasteiger partial charge in [0.05, 0.1) is 25.6 Å². The van der Waals surface area contributed by atoms with Crippen molar-refractivity contribution in [1.29, 1.82) is 0 Å². The first kappa shape index (κ1) is 15.3. The average Bonchev–Trinajstić information content (AvgIpc) is 2.61. The highest BCUT2D eigenvalue weighted by Gasteiger charge is 2.08. The molecule has 0 fully saturated rings. The van der Waals surface area contributed by atoms with E-state index in [1.807, 2.05) is 54.6 Å². The van der Waals surface area contributed by atoms with Gasteiger partial charge in [0.1, 0.15) is 11.5 Å². The molecule has 0 bridgehead atoms. The summed E-state index contributed by atoms with van der Waals surface area (Å²) in [6, 6.07) is 17.2. The van der Waals surface area contributed by atoms with Gasteiger partial charge in [-0.25, -0.2) is 9.97 Å². The van der Waals surface area contributed by atoms with Crippen LogP contribution in [0.15, 0.2) is 54.6 Å². The van der Waals surface area contributed by atoms with Crippen LogP contribution in [0.3, 0.4) is 0 Å². The Labute approximate surface area is 139 Å². The maximum atomic E-state index is 6.10. The van der Waals surface area contributed by atoms with Crippen molar-refractivity contribution in [2.75, 3.05) is 14.2 Å². The van der Waals surface area contributed by atoms with Gasteiger partial charge in [0.25, 0.3) is 0 Å². The Morgan fingerprint density at radius 3 is 1.43 bits per heavy atom. The van der Waals surface area contributed by atoms with Crippen molar-refractivity contribution in [1.82, 2.24) is 9.97 Å². The molecule has 0 spiro atoms. The van der Waals surface area contributed by atoms with Crippen LogP contribution in [-0.4, -0.2) is 24.2 Å². The smallest absolute Gasteiger partial charge is 0.223 e. The van der Waals surface area contributed by atoms with Crippen LogP contribution in [0.2, 0.25) is 5.28 Å². The number of ether oxygens (including phenoxy) is 2. The first-order valence-electron chi connectivity index (χ1n) is 7.03. The molecule has 1 aromatic heterocycles. The van der Waals surface area contributed by atoms with Gasteiger partial charge in [0.2, 0.25) is 5.28 Å². The third-order valence-electron chi connectivity index (χ3n) is 3.47. The molecular formula is C18H15ClN2O2. The molecule has 0 aliphatic heterocycles. The number of nitrogens with zero attached hydrogens (tertiary/aromatic N) is 2. The standard InChI is InChI=1S/C18H15ClN2O2/c1-22-14-7-3-12(4-8-14)16-11-17(21-18(19)20-16)13-5-9-15(23-2)10-6-13/h3-11H,1-2H3. The molecule has 0 N–H and O–H groups in total. The van der Waals surface area contributed by atoms with E-state index >= 15 is 0 Å². The van der Waals surface area contributed by atoms with Crippen LogP contribution in [0.25, 0.3) is 22.5 Å². The molecule has 4 nitrogen and oxygen atoms in total. The van der Waals surface area contributed by atoms with Crippen LogP contribution in [0.4, 0.5) is 0 Å². The minimum Gasteiger partial charge on any atom is -0.497 e. The highest BCUT2D eigenvalue weighted by Crippen LogP contribution is 2.27. The van der Waals surface area contributed by atoms with Crippen molar-refractivity contribution in [2.45, 2.75) is 0 Å². The first-order chi connectivity index (χ1) is 11.2. The summed E-state index contributed by atoms with van der Waals surface area (Å²) in [6.45, 7) is 0. The van der Waals surface area contributed by atoms with Crippen molar-refractivity contribution in [2.24, 2.45) is 0 Å². The van der Waals surface area contributed by atoms with Crippen LogP contribution in [0.5, 0.6) is 11.5 Å². The van der Waals surface area contributed by atoms with Gasteiger partial charge in [-0.2, -0.15) is 0 Å². The molecule has 3 aromatic rings. The van der Waals surface area contributed by atoms with E-state index in [1.165, 1.54) is 0 Å². The fourth-order valence-corrected chi connectivity index (χ4v) is 2.42. The zero-order valence-electron chi connectivity index (χ0n) is 12.8. The summed E-state index contributed by atoms with van der Waals surface area (Å²) in [6.07, 6.45) is 0. The number of benzene rings is 2. The van der Waals surface area contributed by atoms with E-state index in [9.17, 15) is 0 Å². The van der Waals surface area contributed by atoms with E-state index in [2.05, 4.69) is 9.97 Å². The first-order valence-corrected chi connectivity index (χ1v) is 7.41. The van der Waals surface area contributed by atoms with Crippen LogP contribution in [0.1, 0.15) is 0 Å². The summed E-state index contributed by atoms with van der Waals surface area (Å²) in [5.74, 6) is 1.59. The van der Waals surface area contributed by atoms with E-state index in [-0.39, 0.29) is 5.28 Å². The van der Waals surface area contributed by atoms with Gasteiger partial charge in [-0.05, 0) is 66.2 Å². The van der Waals surface area contributed by atoms with E-state index in [0.29, 0.717) is 0 Å². The normalized spacial score (nSPS) is 10.4. The highest BCUT2D eigenvalue weighted by atomic mass is 35.5. The zero-order valence-corrected chi connectivity index (χ0v) is 13.5. The second-order valence-corrected chi connectivity index (χ2v) is 5.20. The number of hydrogen-bond acceptors (Lipinski definition) is 4. The summed E-state index contributed by atoms with van der Waals surface area (Å²) < 4.78 is 10.3. The van der Waals surface area contributed by atoms with Gasteiger partial charge < -0.3 is 9.47 Å². The van der Waals surface area contributed by atoms with E-state index < -0.39 is 0 Å². The molecule has 5 heteroatoms. The van der Waals surface area contributed by atoms with Crippen LogP contribution < -0.4 is 9.47 Å². The lowest BCUT2D eigenvalue weighted by molar-refractivity contribution is 0.415. The second kappa shape index (κ2) is 6.67. The molecule has 2 aromatic carbocycles. The van der Waals surface area contributed by atoms with Crippen molar-refractivity contribution < 1.29 is 9.47 Å². The number of halogens is 1. The molecule has 1 heterocycles. The number of rotatable bonds is 4. The lowest BCUT2D eigenvalue weighted by Crippen LogP contribution is -1.92. The van der Waals surface area contributed by atoms with E-state index in [0.717, 1.165) is 34.0 Å². The largest absolute Gasteiger partial charge is 0.497 e. The molecule has 0 amide bonds. The van der Waals surface area contributed by atoms with Crippen LogP contribution in [0, 0.1) is 0 Å². The Bertz CT molecular complexity index is 737. The maximum Gasteiger partial charge on any atom is 0.223 e. The quantitative estimate of drug-likeness (QED) is 0.663. The van der Waals surface area contributed by atoms with E-state index in [1.54, 1.807) is 14.2 Å². The third-order valence-corrected chi connectivity index (χ3v) is 3.64. The predicted molar refractivity (Wildman–Crippen MR) is 91.0 cm³/mol. The van der Waals surface area contributed by atoms with Crippen LogP contribution >= 0.6 is 11.6 Å². The lowest BCUT2D eigenvalue weighted by atomic mass is 10.1. The number of methoxy groups -OCH3 is 2. The molecule has 3 rings (SSSR count). The fourth-order valence-electron chi connectivity index (χ4n) is 2.24. The fraction of sp³-hybridized carbons (Fsp3) is 0.111. The van der Waals surface area contributed by atoms with Crippen molar-refractivity contribution in [3.63, 3.8) is 0 Å². The van der Waals surface area contributed by atoms with Gasteiger partial charge in [-0.3, -0.25) is 0 Å². The summed E-state index contributed by atoms with van der Waals surface area (Å²) in [7, 11) is 3.27. The lowest BCUT2D eigenvalue weighted by Gasteiger charge is -2.07. The Morgan fingerprint density at radius 2 is 1.09 bits per heavy atom. The topological polar surface area (TPSA) is 44.2 Å². The summed E-state index contributed by atoms with van der Waals surface area (Å²) in [5, 5.41) is 0.212. The van der Waals surface area contributed by atoms with Gasteiger partial charge in [-0.15, -0.1) is 0 Å². The van der Waals surface area contributed by atoms with Gasteiger partial charge in [-0.1, -0.05) is 0 Å². The summed E-state index contributed by atoms with van der Waals surface area (Å²) >= 11 is 6.10. The van der Waals surface area contributed by atoms with Crippen molar-refractivity contribution in [3.05, 3.63) is 59.9 Å². The van der Waals surface area contributed by atoms with Crippen molar-refractivity contribution in [3.8, 4) is 34.0 Å². The Kier molecular flexibility index (Phi) is 4.44. The highest BCUT2D eigenvalue weighted by molar-refractivity contribution is 6.28. The number of hydrogen-bond donors (Lipinski definition) is 0. The summed E-state index contributed by atoms with van der Waals surface area (Å²) in [4.78, 5) is 8.62. The number of aromatic nitrogens is 2. The molecule has 0 atom stereocenters. The van der Waals surface area contributed by atoms with Gasteiger partial charge in [0, 0.05) is 11.1 Å². The third kappa shape index (κ3) is 3.43. The van der Waals surface area contributed by atoms with Gasteiger partial charge >= 0.3 is 0 Å². The molecule has 116 valence electrons. The van der Waals surface area contributed by atoms with Crippen molar-refractivity contribution >= 4 is 11.6 Å². The molecule has 0 saturated heterocycles. The molecule has 0 aliphatic rings. The minimum absolute atomic E-state index is 0.212. The Hall–Kier alpha value is -2.59. The molecule has 23 heavy (non-hydrogen) atoms. The predicted octanol–water partition coefficient (Wildman–Crippen LogP) is 4.48. The maximum absolute atomic E-state index is 6.10. The summed E-state index contributed by atoms with van der Waals surface area (Å²) in [5.41, 5.74) is 3.42. The molecule has 0 unspecified atom stereocenters. The van der Waals surface area contributed by atoms with Crippen LogP contribution in [-0.2, 0) is 0 Å². The van der Waals surface area contributed by atoms with Gasteiger partial charge in [0.15, 0.2) is 0 Å². The van der Waals surface area contributed by atoms with E-state index in [4.69, 9.17) is 21.1 Å². The molecular weight excluding hydrogens is 312 g/mol. The molecule has 0 radical (unpaired) electrons.